The van der Waals surface area contributed by atoms with Crippen LogP contribution in [0.5, 0.6) is 0 Å². The molecular formula is C45H29N5. The van der Waals surface area contributed by atoms with E-state index in [1.165, 1.54) is 21.8 Å². The second-order valence-corrected chi connectivity index (χ2v) is 12.5. The molecule has 0 saturated carbocycles. The normalized spacial score (nSPS) is 11.6. The molecule has 3 aromatic heterocycles. The fourth-order valence-electron chi connectivity index (χ4n) is 7.36. The summed E-state index contributed by atoms with van der Waals surface area (Å²) in [5.74, 6) is 1.91. The largest absolute Gasteiger partial charge is 0.309 e. The molecule has 10 rings (SSSR count). The van der Waals surface area contributed by atoms with Crippen LogP contribution in [-0.4, -0.2) is 24.1 Å². The predicted octanol–water partition coefficient (Wildman–Crippen LogP) is 11.1. The summed E-state index contributed by atoms with van der Waals surface area (Å²) in [5.41, 5.74) is 9.63. The van der Waals surface area contributed by atoms with E-state index < -0.39 is 0 Å². The Bertz CT molecular complexity index is 2800. The van der Waals surface area contributed by atoms with Crippen molar-refractivity contribution in [2.24, 2.45) is 0 Å². The van der Waals surface area contributed by atoms with Crippen LogP contribution in [0.1, 0.15) is 0 Å². The first-order valence-electron chi connectivity index (χ1n) is 16.8. The number of para-hydroxylation sites is 4. The minimum absolute atomic E-state index is 0.631. The van der Waals surface area contributed by atoms with Crippen molar-refractivity contribution in [3.8, 4) is 45.5 Å². The van der Waals surface area contributed by atoms with Crippen molar-refractivity contribution in [1.82, 2.24) is 24.1 Å². The molecule has 0 saturated heterocycles. The minimum atomic E-state index is 0.631. The summed E-state index contributed by atoms with van der Waals surface area (Å²) < 4.78 is 4.65. The van der Waals surface area contributed by atoms with Gasteiger partial charge in [-0.25, -0.2) is 15.0 Å². The number of benzene rings is 7. The van der Waals surface area contributed by atoms with Crippen LogP contribution in [0.3, 0.4) is 0 Å². The van der Waals surface area contributed by atoms with Crippen LogP contribution in [0.15, 0.2) is 176 Å². The smallest absolute Gasteiger partial charge is 0.164 e. The van der Waals surface area contributed by atoms with Crippen molar-refractivity contribution < 1.29 is 0 Å². The average molecular weight is 640 g/mol. The third-order valence-corrected chi connectivity index (χ3v) is 9.58. The maximum Gasteiger partial charge on any atom is 0.164 e. The average Bonchev–Trinajstić information content (AvgIpc) is 3.72. The van der Waals surface area contributed by atoms with Crippen molar-refractivity contribution in [2.75, 3.05) is 0 Å². The molecule has 234 valence electrons. The molecule has 0 aliphatic heterocycles. The SMILES string of the molecule is c1ccc(-c2nc(-c3ccc(-n4c5ccccc5c5ccccc54)cc3)nc(-c3cccc4c3c3ccccc3n4-c3ccccc3)n2)cc1. The third-order valence-electron chi connectivity index (χ3n) is 9.58. The Balaban J connectivity index is 1.17. The molecule has 7 aromatic carbocycles. The molecule has 50 heavy (non-hydrogen) atoms. The molecule has 0 aliphatic rings. The summed E-state index contributed by atoms with van der Waals surface area (Å²) in [6.07, 6.45) is 0. The molecule has 0 amide bonds. The van der Waals surface area contributed by atoms with Crippen molar-refractivity contribution in [2.45, 2.75) is 0 Å². The first-order chi connectivity index (χ1) is 24.8. The Labute approximate surface area is 288 Å². The van der Waals surface area contributed by atoms with Crippen molar-refractivity contribution in [3.63, 3.8) is 0 Å². The van der Waals surface area contributed by atoms with Gasteiger partial charge in [0.05, 0.1) is 22.1 Å². The van der Waals surface area contributed by atoms with E-state index in [1.54, 1.807) is 0 Å². The highest BCUT2D eigenvalue weighted by Gasteiger charge is 2.20. The number of rotatable bonds is 5. The minimum Gasteiger partial charge on any atom is -0.309 e. The number of hydrogen-bond donors (Lipinski definition) is 0. The van der Waals surface area contributed by atoms with Gasteiger partial charge in [-0.15, -0.1) is 0 Å². The van der Waals surface area contributed by atoms with Crippen LogP contribution < -0.4 is 0 Å². The van der Waals surface area contributed by atoms with Gasteiger partial charge in [0, 0.05) is 49.6 Å². The van der Waals surface area contributed by atoms with Gasteiger partial charge in [-0.3, -0.25) is 0 Å². The summed E-state index contributed by atoms with van der Waals surface area (Å²) in [5, 5.41) is 4.75. The van der Waals surface area contributed by atoms with Crippen molar-refractivity contribution >= 4 is 43.6 Å². The van der Waals surface area contributed by atoms with Gasteiger partial charge in [-0.05, 0) is 60.7 Å². The molecule has 0 radical (unpaired) electrons. The first-order valence-corrected chi connectivity index (χ1v) is 16.8. The van der Waals surface area contributed by atoms with Gasteiger partial charge in [0.1, 0.15) is 0 Å². The van der Waals surface area contributed by atoms with Gasteiger partial charge in [0.25, 0.3) is 0 Å². The van der Waals surface area contributed by atoms with E-state index in [-0.39, 0.29) is 0 Å². The molecule has 0 bridgehead atoms. The van der Waals surface area contributed by atoms with Crippen LogP contribution >= 0.6 is 0 Å². The van der Waals surface area contributed by atoms with E-state index in [0.29, 0.717) is 17.5 Å². The monoisotopic (exact) mass is 639 g/mol. The molecule has 0 aliphatic carbocycles. The van der Waals surface area contributed by atoms with Gasteiger partial charge in [-0.2, -0.15) is 0 Å². The van der Waals surface area contributed by atoms with Crippen LogP contribution in [0, 0.1) is 0 Å². The summed E-state index contributed by atoms with van der Waals surface area (Å²) in [7, 11) is 0. The van der Waals surface area contributed by atoms with Gasteiger partial charge >= 0.3 is 0 Å². The topological polar surface area (TPSA) is 48.5 Å². The fourth-order valence-corrected chi connectivity index (χ4v) is 7.36. The summed E-state index contributed by atoms with van der Waals surface area (Å²) in [6, 6.07) is 61.4. The standard InChI is InChI=1S/C45H29N5/c1-3-14-30(15-4-1)43-46-44(31-26-28-33(29-27-31)49-38-22-10-7-18-34(38)35-19-8-11-23-39(35)49)48-45(47-43)37-21-13-25-41-42(37)36-20-9-12-24-40(36)50(41)32-16-5-2-6-17-32/h1-29H. The van der Waals surface area contributed by atoms with E-state index in [1.807, 2.05) is 18.2 Å². The maximum atomic E-state index is 5.19. The van der Waals surface area contributed by atoms with Gasteiger partial charge in [-0.1, -0.05) is 115 Å². The van der Waals surface area contributed by atoms with E-state index in [9.17, 15) is 0 Å². The zero-order valence-electron chi connectivity index (χ0n) is 27.0. The van der Waals surface area contributed by atoms with E-state index >= 15 is 0 Å². The molecule has 0 N–H and O–H groups in total. The van der Waals surface area contributed by atoms with Crippen LogP contribution in [-0.2, 0) is 0 Å². The van der Waals surface area contributed by atoms with Gasteiger partial charge in [0.15, 0.2) is 17.5 Å². The van der Waals surface area contributed by atoms with E-state index in [2.05, 4.69) is 167 Å². The zero-order valence-corrected chi connectivity index (χ0v) is 27.0. The van der Waals surface area contributed by atoms with Crippen LogP contribution in [0.2, 0.25) is 0 Å². The number of nitrogens with zero attached hydrogens (tertiary/aromatic N) is 5. The molecule has 0 spiro atoms. The molecule has 5 heteroatoms. The Hall–Kier alpha value is -6.85. The van der Waals surface area contributed by atoms with Crippen LogP contribution in [0.25, 0.3) is 89.2 Å². The Morgan fingerprint density at radius 1 is 0.300 bits per heavy atom. The summed E-state index contributed by atoms with van der Waals surface area (Å²) >= 11 is 0. The number of fused-ring (bicyclic) bond motifs is 6. The fraction of sp³-hybridized carbons (Fsp3) is 0. The van der Waals surface area contributed by atoms with Crippen molar-refractivity contribution in [1.29, 1.82) is 0 Å². The Morgan fingerprint density at radius 2 is 0.740 bits per heavy atom. The van der Waals surface area contributed by atoms with E-state index in [0.717, 1.165) is 49.9 Å². The molecule has 5 nitrogen and oxygen atoms in total. The molecular weight excluding hydrogens is 611 g/mol. The number of aromatic nitrogens is 5. The quantitative estimate of drug-likeness (QED) is 0.188. The Morgan fingerprint density at radius 3 is 1.38 bits per heavy atom. The maximum absolute atomic E-state index is 5.19. The van der Waals surface area contributed by atoms with E-state index in [4.69, 9.17) is 15.0 Å². The van der Waals surface area contributed by atoms with Gasteiger partial charge in [0.2, 0.25) is 0 Å². The summed E-state index contributed by atoms with van der Waals surface area (Å²) in [4.78, 5) is 15.4. The highest BCUT2D eigenvalue weighted by molar-refractivity contribution is 6.15. The molecule has 3 heterocycles. The lowest BCUT2D eigenvalue weighted by atomic mass is 10.1. The second kappa shape index (κ2) is 11.4. The molecule has 0 atom stereocenters. The second-order valence-electron chi connectivity index (χ2n) is 12.5. The predicted molar refractivity (Wildman–Crippen MR) is 205 cm³/mol. The number of hydrogen-bond acceptors (Lipinski definition) is 3. The third kappa shape index (κ3) is 4.45. The zero-order chi connectivity index (χ0) is 33.0. The Kier molecular flexibility index (Phi) is 6.42. The highest BCUT2D eigenvalue weighted by Crippen LogP contribution is 2.38. The summed E-state index contributed by atoms with van der Waals surface area (Å²) in [6.45, 7) is 0. The van der Waals surface area contributed by atoms with Crippen molar-refractivity contribution in [3.05, 3.63) is 176 Å². The van der Waals surface area contributed by atoms with Crippen LogP contribution in [0.4, 0.5) is 0 Å². The molecule has 0 unspecified atom stereocenters. The molecule has 0 fully saturated rings. The lowest BCUT2D eigenvalue weighted by molar-refractivity contribution is 1.07. The molecule has 10 aromatic rings. The first kappa shape index (κ1) is 28.2. The van der Waals surface area contributed by atoms with Gasteiger partial charge < -0.3 is 9.13 Å². The highest BCUT2D eigenvalue weighted by atomic mass is 15.0. The lowest BCUT2D eigenvalue weighted by Crippen LogP contribution is -2.01. The lowest BCUT2D eigenvalue weighted by Gasteiger charge is -2.11.